The third kappa shape index (κ3) is 4.64. The summed E-state index contributed by atoms with van der Waals surface area (Å²) in [6, 6.07) is 0. The van der Waals surface area contributed by atoms with Gasteiger partial charge in [0, 0.05) is 13.0 Å². The maximum absolute atomic E-state index is 10.3. The van der Waals surface area contributed by atoms with E-state index in [-0.39, 0.29) is 19.4 Å². The van der Waals surface area contributed by atoms with E-state index in [1.54, 1.807) is 0 Å². The molecule has 0 saturated heterocycles. The van der Waals surface area contributed by atoms with Crippen LogP contribution in [0.2, 0.25) is 0 Å². The monoisotopic (exact) mass is 178 g/mol. The van der Waals surface area contributed by atoms with Crippen LogP contribution in [0, 0.1) is 0 Å². The van der Waals surface area contributed by atoms with E-state index in [1.807, 2.05) is 0 Å². The van der Waals surface area contributed by atoms with Crippen LogP contribution >= 0.6 is 0 Å². The molecule has 0 aromatic rings. The number of esters is 1. The smallest absolute Gasteiger partial charge is 0.419 e. The van der Waals surface area contributed by atoms with Gasteiger partial charge in [-0.3, -0.25) is 0 Å². The van der Waals surface area contributed by atoms with Crippen molar-refractivity contribution in [3.63, 3.8) is 0 Å². The van der Waals surface area contributed by atoms with E-state index in [2.05, 4.69) is 4.74 Å². The molecule has 0 saturated carbocycles. The van der Waals surface area contributed by atoms with Gasteiger partial charge in [-0.25, -0.2) is 9.59 Å². The highest BCUT2D eigenvalue weighted by atomic mass is 16.6. The molecule has 0 bridgehead atoms. The van der Waals surface area contributed by atoms with Crippen molar-refractivity contribution in [1.29, 1.82) is 0 Å². The Bertz CT molecular complexity index is 165. The Morgan fingerprint density at radius 1 is 1.42 bits per heavy atom. The second-order valence-corrected chi connectivity index (χ2v) is 2.03. The maximum Gasteiger partial charge on any atom is 0.419 e. The standard InChI is InChI=1S/C6H10O6/c7-3-1-2-4(8)12-6(11)5(9)10/h4,7-8H,1-3H2,(H,9,10). The number of hydrogen-bond donors (Lipinski definition) is 3. The van der Waals surface area contributed by atoms with E-state index in [0.29, 0.717) is 0 Å². The van der Waals surface area contributed by atoms with Gasteiger partial charge in [0.15, 0.2) is 0 Å². The first-order valence-electron chi connectivity index (χ1n) is 3.30. The molecule has 12 heavy (non-hydrogen) atoms. The molecular formula is C6H10O6. The van der Waals surface area contributed by atoms with Crippen LogP contribution in [0.1, 0.15) is 12.8 Å². The number of carbonyl (C=O) groups excluding carboxylic acids is 1. The topological polar surface area (TPSA) is 104 Å². The Kier molecular flexibility index (Phi) is 4.98. The number of carbonyl (C=O) groups is 2. The summed E-state index contributed by atoms with van der Waals surface area (Å²) in [5.74, 6) is -3.25. The van der Waals surface area contributed by atoms with Crippen LogP contribution in [0.15, 0.2) is 0 Å². The molecule has 0 heterocycles. The highest BCUT2D eigenvalue weighted by Gasteiger charge is 2.17. The summed E-state index contributed by atoms with van der Waals surface area (Å²) in [4.78, 5) is 20.1. The van der Waals surface area contributed by atoms with Gasteiger partial charge in [0.1, 0.15) is 0 Å². The first-order chi connectivity index (χ1) is 5.57. The van der Waals surface area contributed by atoms with Crippen LogP contribution in [0.5, 0.6) is 0 Å². The fraction of sp³-hybridized carbons (Fsp3) is 0.667. The number of rotatable bonds is 4. The van der Waals surface area contributed by atoms with Crippen LogP contribution in [0.4, 0.5) is 0 Å². The minimum Gasteiger partial charge on any atom is -0.473 e. The van der Waals surface area contributed by atoms with Crippen molar-refractivity contribution in [3.8, 4) is 0 Å². The van der Waals surface area contributed by atoms with Crippen LogP contribution in [0.25, 0.3) is 0 Å². The Balaban J connectivity index is 3.61. The lowest BCUT2D eigenvalue weighted by Gasteiger charge is -2.08. The third-order valence-electron chi connectivity index (χ3n) is 1.03. The molecule has 0 rings (SSSR count). The van der Waals surface area contributed by atoms with Crippen molar-refractivity contribution in [1.82, 2.24) is 0 Å². The van der Waals surface area contributed by atoms with Gasteiger partial charge in [-0.2, -0.15) is 0 Å². The van der Waals surface area contributed by atoms with Crippen molar-refractivity contribution < 1.29 is 29.6 Å². The van der Waals surface area contributed by atoms with Crippen molar-refractivity contribution in [2.75, 3.05) is 6.61 Å². The summed E-state index contributed by atoms with van der Waals surface area (Å²) >= 11 is 0. The lowest BCUT2D eigenvalue weighted by Crippen LogP contribution is -2.23. The zero-order valence-electron chi connectivity index (χ0n) is 6.27. The number of aliphatic hydroxyl groups excluding tert-OH is 2. The molecular weight excluding hydrogens is 168 g/mol. The minimum absolute atomic E-state index is 0.0233. The zero-order valence-corrected chi connectivity index (χ0v) is 6.27. The van der Waals surface area contributed by atoms with Crippen LogP contribution < -0.4 is 0 Å². The fourth-order valence-electron chi connectivity index (χ4n) is 0.499. The SMILES string of the molecule is O=C(O)C(=O)OC(O)CCCO. The average Bonchev–Trinajstić information content (AvgIpc) is 2.00. The van der Waals surface area contributed by atoms with Crippen molar-refractivity contribution in [2.45, 2.75) is 19.1 Å². The molecule has 70 valence electrons. The summed E-state index contributed by atoms with van der Waals surface area (Å²) in [6.45, 7) is -0.151. The quantitative estimate of drug-likeness (QED) is 0.281. The third-order valence-corrected chi connectivity index (χ3v) is 1.03. The second-order valence-electron chi connectivity index (χ2n) is 2.03. The van der Waals surface area contributed by atoms with Gasteiger partial charge < -0.3 is 20.1 Å². The lowest BCUT2D eigenvalue weighted by molar-refractivity contribution is -0.181. The fourth-order valence-corrected chi connectivity index (χ4v) is 0.499. The highest BCUT2D eigenvalue weighted by Crippen LogP contribution is 1.98. The van der Waals surface area contributed by atoms with Crippen molar-refractivity contribution in [2.24, 2.45) is 0 Å². The van der Waals surface area contributed by atoms with E-state index >= 15 is 0 Å². The Morgan fingerprint density at radius 3 is 2.42 bits per heavy atom. The predicted molar refractivity (Wildman–Crippen MR) is 36.1 cm³/mol. The molecule has 0 radical (unpaired) electrons. The van der Waals surface area contributed by atoms with E-state index < -0.39 is 18.2 Å². The summed E-state index contributed by atoms with van der Waals surface area (Å²) in [7, 11) is 0. The number of carboxylic acid groups (broad SMARTS) is 1. The molecule has 0 fully saturated rings. The first kappa shape index (κ1) is 10.9. The summed E-state index contributed by atoms with van der Waals surface area (Å²) in [5, 5.41) is 25.1. The molecule has 0 amide bonds. The summed E-state index contributed by atoms with van der Waals surface area (Å²) < 4.78 is 4.02. The van der Waals surface area contributed by atoms with E-state index in [1.165, 1.54) is 0 Å². The van der Waals surface area contributed by atoms with Crippen LogP contribution in [-0.4, -0.2) is 40.2 Å². The molecule has 0 aromatic carbocycles. The number of carboxylic acids is 1. The van der Waals surface area contributed by atoms with Gasteiger partial charge >= 0.3 is 11.9 Å². The van der Waals surface area contributed by atoms with E-state index in [0.717, 1.165) is 0 Å². The van der Waals surface area contributed by atoms with Gasteiger partial charge in [0.05, 0.1) is 0 Å². The molecule has 0 aromatic heterocycles. The normalized spacial score (nSPS) is 12.2. The molecule has 1 unspecified atom stereocenters. The first-order valence-corrected chi connectivity index (χ1v) is 3.30. The van der Waals surface area contributed by atoms with Crippen molar-refractivity contribution in [3.05, 3.63) is 0 Å². The summed E-state index contributed by atoms with van der Waals surface area (Å²) in [6.07, 6.45) is -1.19. The lowest BCUT2D eigenvalue weighted by atomic mass is 10.3. The van der Waals surface area contributed by atoms with Gasteiger partial charge in [0.25, 0.3) is 0 Å². The molecule has 0 aliphatic carbocycles. The number of aliphatic carboxylic acids is 1. The van der Waals surface area contributed by atoms with Crippen LogP contribution in [0.3, 0.4) is 0 Å². The largest absolute Gasteiger partial charge is 0.473 e. The Morgan fingerprint density at radius 2 is 2.00 bits per heavy atom. The summed E-state index contributed by atoms with van der Waals surface area (Å²) in [5.41, 5.74) is 0. The molecule has 6 heteroatoms. The van der Waals surface area contributed by atoms with Gasteiger partial charge in [0.2, 0.25) is 6.29 Å². The van der Waals surface area contributed by atoms with Gasteiger partial charge in [-0.05, 0) is 6.42 Å². The highest BCUT2D eigenvalue weighted by molar-refractivity contribution is 6.28. The number of hydrogen-bond acceptors (Lipinski definition) is 5. The molecule has 0 aliphatic heterocycles. The molecule has 3 N–H and O–H groups in total. The molecule has 0 spiro atoms. The minimum atomic E-state index is -1.75. The van der Waals surface area contributed by atoms with Gasteiger partial charge in [-0.1, -0.05) is 0 Å². The maximum atomic E-state index is 10.3. The van der Waals surface area contributed by atoms with E-state index in [4.69, 9.17) is 15.3 Å². The molecule has 0 aliphatic rings. The Labute approximate surface area is 68.4 Å². The predicted octanol–water partition coefficient (Wildman–Crippen LogP) is -1.29. The van der Waals surface area contributed by atoms with Gasteiger partial charge in [-0.15, -0.1) is 0 Å². The number of ether oxygens (including phenoxy) is 1. The zero-order chi connectivity index (χ0) is 9.56. The second kappa shape index (κ2) is 5.50. The molecule has 1 atom stereocenters. The van der Waals surface area contributed by atoms with Crippen molar-refractivity contribution >= 4 is 11.9 Å². The Hall–Kier alpha value is -1.14. The van der Waals surface area contributed by atoms with Crippen LogP contribution in [-0.2, 0) is 14.3 Å². The van der Waals surface area contributed by atoms with E-state index in [9.17, 15) is 9.59 Å². The molecule has 6 nitrogen and oxygen atoms in total. The number of aliphatic hydroxyl groups is 2. The average molecular weight is 178 g/mol.